The Balaban J connectivity index is 1.10. The molecule has 3 aliphatic heterocycles. The van der Waals surface area contributed by atoms with Crippen LogP contribution in [-0.2, 0) is 9.59 Å². The van der Waals surface area contributed by atoms with Crippen LogP contribution in [0.3, 0.4) is 0 Å². The van der Waals surface area contributed by atoms with Gasteiger partial charge in [0.15, 0.2) is 0 Å². The Morgan fingerprint density at radius 3 is 2.76 bits per heavy atom. The summed E-state index contributed by atoms with van der Waals surface area (Å²) in [6.07, 6.45) is 2.49. The van der Waals surface area contributed by atoms with Gasteiger partial charge in [0.05, 0.1) is 24.2 Å². The van der Waals surface area contributed by atoms with Crippen molar-refractivity contribution in [2.75, 3.05) is 13.1 Å². The van der Waals surface area contributed by atoms with Gasteiger partial charge in [-0.2, -0.15) is 10.5 Å². The molecule has 7 atom stereocenters. The summed E-state index contributed by atoms with van der Waals surface area (Å²) in [4.78, 5) is 32.0. The minimum absolute atomic E-state index is 0.0629. The summed E-state index contributed by atoms with van der Waals surface area (Å²) in [6, 6.07) is 9.00. The van der Waals surface area contributed by atoms with Crippen molar-refractivity contribution in [2.24, 2.45) is 11.7 Å². The number of benzene rings is 1. The number of hydrogen-bond acceptors (Lipinski definition) is 8. The minimum Gasteiger partial charge on any atom is -0.330 e. The summed E-state index contributed by atoms with van der Waals surface area (Å²) in [5.41, 5.74) is 8.21. The van der Waals surface area contributed by atoms with Crippen molar-refractivity contribution in [2.45, 2.75) is 62.4 Å². The van der Waals surface area contributed by atoms with Gasteiger partial charge in [0.25, 0.3) is 0 Å². The second kappa shape index (κ2) is 7.85. The van der Waals surface area contributed by atoms with E-state index in [-0.39, 0.29) is 42.0 Å². The smallest absolute Gasteiger partial charge is 0.242 e. The van der Waals surface area contributed by atoms with Crippen LogP contribution < -0.4 is 5.73 Å². The number of aromatic amines is 1. The van der Waals surface area contributed by atoms with Crippen LogP contribution in [0.5, 0.6) is 0 Å². The number of piperidine rings is 1. The first-order valence-electron chi connectivity index (χ1n) is 11.8. The average molecular weight is 462 g/mol. The van der Waals surface area contributed by atoms with E-state index in [1.807, 2.05) is 36.1 Å². The van der Waals surface area contributed by atoms with E-state index in [9.17, 15) is 14.9 Å². The Labute approximate surface area is 196 Å². The Morgan fingerprint density at radius 1 is 1.29 bits per heavy atom. The number of nitriles is 1. The van der Waals surface area contributed by atoms with Gasteiger partial charge in [0.2, 0.25) is 17.6 Å². The summed E-state index contributed by atoms with van der Waals surface area (Å²) >= 11 is 0. The molecule has 11 heteroatoms. The molecule has 2 aromatic rings. The van der Waals surface area contributed by atoms with E-state index >= 15 is 0 Å². The molecule has 4 aliphatic rings. The monoisotopic (exact) mass is 461 g/mol. The molecule has 11 nitrogen and oxygen atoms in total. The van der Waals surface area contributed by atoms with Crippen molar-refractivity contribution < 1.29 is 9.59 Å². The van der Waals surface area contributed by atoms with Crippen molar-refractivity contribution in [1.82, 2.24) is 35.3 Å². The molecule has 3 N–H and O–H groups in total. The lowest BCUT2D eigenvalue weighted by Crippen LogP contribution is -2.57. The van der Waals surface area contributed by atoms with Crippen molar-refractivity contribution >= 4 is 11.8 Å². The number of carbonyl (C=O) groups is 2. The molecule has 2 bridgehead atoms. The predicted octanol–water partition coefficient (Wildman–Crippen LogP) is 0.0531. The van der Waals surface area contributed by atoms with Crippen LogP contribution in [0.2, 0.25) is 0 Å². The lowest BCUT2D eigenvalue weighted by atomic mass is 10.0. The Hall–Kier alpha value is -3.36. The molecular weight excluding hydrogens is 434 g/mol. The van der Waals surface area contributed by atoms with Crippen molar-refractivity contribution in [3.05, 3.63) is 29.8 Å². The molecule has 1 aliphatic carbocycles. The predicted molar refractivity (Wildman–Crippen MR) is 119 cm³/mol. The summed E-state index contributed by atoms with van der Waals surface area (Å²) in [7, 11) is 0. The Bertz CT molecular complexity index is 1140. The molecule has 1 aromatic carbocycles. The van der Waals surface area contributed by atoms with E-state index in [1.165, 1.54) is 0 Å². The SMILES string of the molecule is C[C@H](c1ccc(-c2nn[nH]n2)cc1)N1C(=O)[C@H]2CC1CN2C[C@H](N)C(=O)N1[C@H](C#N)C[C@@H]2C[C@@H]21. The minimum atomic E-state index is -0.717. The molecule has 34 heavy (non-hydrogen) atoms. The maximum Gasteiger partial charge on any atom is 0.242 e. The number of aromatic nitrogens is 4. The van der Waals surface area contributed by atoms with Gasteiger partial charge in [-0.05, 0) is 42.9 Å². The summed E-state index contributed by atoms with van der Waals surface area (Å²) < 4.78 is 0. The normalized spacial score (nSPS) is 31.4. The summed E-state index contributed by atoms with van der Waals surface area (Å²) in [5.74, 6) is 0.924. The lowest BCUT2D eigenvalue weighted by molar-refractivity contribution is -0.141. The molecule has 6 rings (SSSR count). The van der Waals surface area contributed by atoms with Crippen molar-refractivity contribution in [3.63, 3.8) is 0 Å². The number of piperazine rings is 1. The molecule has 3 saturated heterocycles. The highest BCUT2D eigenvalue weighted by Gasteiger charge is 2.56. The van der Waals surface area contributed by atoms with Crippen molar-refractivity contribution in [3.8, 4) is 17.5 Å². The number of likely N-dealkylation sites (tertiary alicyclic amines) is 3. The lowest BCUT2D eigenvalue weighted by Gasteiger charge is -2.38. The van der Waals surface area contributed by atoms with E-state index in [4.69, 9.17) is 5.73 Å². The number of nitrogens with zero attached hydrogens (tertiary/aromatic N) is 7. The van der Waals surface area contributed by atoms with E-state index in [2.05, 4.69) is 31.6 Å². The molecule has 1 saturated carbocycles. The fourth-order valence-electron chi connectivity index (χ4n) is 6.17. The fraction of sp³-hybridized carbons (Fsp3) is 0.565. The number of amides is 2. The van der Waals surface area contributed by atoms with Gasteiger partial charge in [0.1, 0.15) is 6.04 Å². The maximum atomic E-state index is 13.3. The fourth-order valence-corrected chi connectivity index (χ4v) is 6.17. The van der Waals surface area contributed by atoms with Crippen molar-refractivity contribution in [1.29, 1.82) is 5.26 Å². The zero-order valence-corrected chi connectivity index (χ0v) is 18.9. The third-order valence-corrected chi connectivity index (χ3v) is 7.98. The first-order valence-corrected chi connectivity index (χ1v) is 11.8. The number of nitrogens with one attached hydrogen (secondary N) is 1. The number of tetrazole rings is 1. The molecule has 0 radical (unpaired) electrons. The first kappa shape index (κ1) is 21.2. The van der Waals surface area contributed by atoms with E-state index in [1.54, 1.807) is 4.90 Å². The van der Waals surface area contributed by atoms with E-state index in [0.29, 0.717) is 24.8 Å². The second-order valence-corrected chi connectivity index (χ2v) is 9.93. The van der Waals surface area contributed by atoms with Crippen LogP contribution in [0.15, 0.2) is 24.3 Å². The van der Waals surface area contributed by atoms with Crippen LogP contribution in [-0.4, -0.2) is 90.4 Å². The van der Waals surface area contributed by atoms with Gasteiger partial charge in [-0.1, -0.05) is 24.3 Å². The zero-order chi connectivity index (χ0) is 23.6. The third-order valence-electron chi connectivity index (χ3n) is 7.98. The van der Waals surface area contributed by atoms with Gasteiger partial charge < -0.3 is 15.5 Å². The van der Waals surface area contributed by atoms with E-state index < -0.39 is 6.04 Å². The summed E-state index contributed by atoms with van der Waals surface area (Å²) in [6.45, 7) is 3.10. The molecular formula is C23H27N9O2. The summed E-state index contributed by atoms with van der Waals surface area (Å²) in [5, 5.41) is 23.4. The molecule has 1 aromatic heterocycles. The molecule has 2 amide bonds. The van der Waals surface area contributed by atoms with Gasteiger partial charge in [0, 0.05) is 30.7 Å². The highest BCUT2D eigenvalue weighted by atomic mass is 16.2. The Kier molecular flexibility index (Phi) is 4.89. The number of hydrogen-bond donors (Lipinski definition) is 2. The third kappa shape index (κ3) is 3.28. The number of rotatable bonds is 6. The number of nitrogens with two attached hydrogens (primary N) is 1. The standard InChI is InChI=1S/C23H27N9O2/c1-12(13-2-4-14(5-3-13)21-26-28-29-27-21)31-17-8-20(23(31)34)30(10-17)11-18(25)22(33)32-16(9-24)6-15-7-19(15)32/h2-5,12,15-20H,6-8,10-11,25H2,1H3,(H,26,27,28,29)/t12-,15-,16+,17?,18+,19+,20-/m1/s1. The number of carbonyl (C=O) groups excluding carboxylic acids is 2. The van der Waals surface area contributed by atoms with Crippen LogP contribution >= 0.6 is 0 Å². The molecule has 1 unspecified atom stereocenters. The van der Waals surface area contributed by atoms with Crippen LogP contribution in [0.1, 0.15) is 37.8 Å². The molecule has 176 valence electrons. The first-order chi connectivity index (χ1) is 16.5. The van der Waals surface area contributed by atoms with E-state index in [0.717, 1.165) is 30.4 Å². The Morgan fingerprint density at radius 2 is 2.09 bits per heavy atom. The average Bonchev–Trinajstić information content (AvgIpc) is 3.28. The number of H-pyrrole nitrogens is 1. The molecule has 4 fully saturated rings. The van der Waals surface area contributed by atoms with Crippen LogP contribution in [0.4, 0.5) is 0 Å². The van der Waals surface area contributed by atoms with Crippen LogP contribution in [0.25, 0.3) is 11.4 Å². The van der Waals surface area contributed by atoms with Gasteiger partial charge in [-0.3, -0.25) is 14.5 Å². The largest absolute Gasteiger partial charge is 0.330 e. The van der Waals surface area contributed by atoms with Gasteiger partial charge in [-0.15, -0.1) is 10.2 Å². The molecule has 4 heterocycles. The van der Waals surface area contributed by atoms with Gasteiger partial charge >= 0.3 is 0 Å². The second-order valence-electron chi connectivity index (χ2n) is 9.93. The van der Waals surface area contributed by atoms with Gasteiger partial charge in [-0.25, -0.2) is 0 Å². The topological polar surface area (TPSA) is 148 Å². The maximum absolute atomic E-state index is 13.3. The quantitative estimate of drug-likeness (QED) is 0.613. The number of fused-ring (bicyclic) bond motifs is 3. The highest BCUT2D eigenvalue weighted by Crippen LogP contribution is 2.48. The molecule has 0 spiro atoms. The van der Waals surface area contributed by atoms with Crippen LogP contribution in [0, 0.1) is 17.2 Å². The highest BCUT2D eigenvalue weighted by molar-refractivity contribution is 5.87. The zero-order valence-electron chi connectivity index (χ0n) is 18.9.